The lowest BCUT2D eigenvalue weighted by Crippen LogP contribution is -2.35. The molecular formula is C16H26N6O2. The Morgan fingerprint density at radius 2 is 2.17 bits per heavy atom. The number of nitrogens with one attached hydrogen (secondary N) is 1. The van der Waals surface area contributed by atoms with Crippen LogP contribution in [0.2, 0.25) is 0 Å². The van der Waals surface area contributed by atoms with Crippen LogP contribution >= 0.6 is 0 Å². The van der Waals surface area contributed by atoms with Crippen molar-refractivity contribution < 1.29 is 9.32 Å². The summed E-state index contributed by atoms with van der Waals surface area (Å²) in [6.45, 7) is 11.5. The van der Waals surface area contributed by atoms with Crippen molar-refractivity contribution in [1.82, 2.24) is 24.8 Å². The zero-order valence-electron chi connectivity index (χ0n) is 15.0. The van der Waals surface area contributed by atoms with Crippen LogP contribution in [-0.4, -0.2) is 37.4 Å². The smallest absolute Gasteiger partial charge is 0.323 e. The van der Waals surface area contributed by atoms with Gasteiger partial charge in [-0.1, -0.05) is 19.0 Å². The molecule has 0 saturated carbocycles. The Balaban J connectivity index is 2.04. The normalized spacial score (nSPS) is 11.1. The highest BCUT2D eigenvalue weighted by Gasteiger charge is 2.17. The molecule has 0 fully saturated rings. The number of aryl methyl sites for hydroxylation is 3. The first kappa shape index (κ1) is 18.0. The average Bonchev–Trinajstić information content (AvgIpc) is 3.08. The first-order valence-corrected chi connectivity index (χ1v) is 8.28. The molecular weight excluding hydrogens is 308 g/mol. The number of anilines is 1. The summed E-state index contributed by atoms with van der Waals surface area (Å²) in [5, 5.41) is 11.2. The van der Waals surface area contributed by atoms with Gasteiger partial charge in [-0.25, -0.2) is 9.48 Å². The van der Waals surface area contributed by atoms with E-state index >= 15 is 0 Å². The maximum absolute atomic E-state index is 12.5. The van der Waals surface area contributed by atoms with E-state index in [1.165, 1.54) is 0 Å². The van der Waals surface area contributed by atoms with E-state index < -0.39 is 0 Å². The second-order valence-electron chi connectivity index (χ2n) is 6.25. The van der Waals surface area contributed by atoms with Crippen molar-refractivity contribution in [2.45, 2.75) is 54.1 Å². The van der Waals surface area contributed by atoms with Gasteiger partial charge in [0.1, 0.15) is 5.82 Å². The number of hydrogen-bond donors (Lipinski definition) is 1. The monoisotopic (exact) mass is 334 g/mol. The van der Waals surface area contributed by atoms with Crippen molar-refractivity contribution in [2.24, 2.45) is 5.92 Å². The summed E-state index contributed by atoms with van der Waals surface area (Å²) in [4.78, 5) is 18.3. The highest BCUT2D eigenvalue weighted by molar-refractivity contribution is 5.88. The standard InChI is InChI=1S/C16H26N6O2/c1-6-21(10-14-17-13(5)24-20-14)16(23)18-15-9-12(4)19-22(15)8-7-11(2)3/h9,11H,6-8,10H2,1-5H3,(H,18,23). The van der Waals surface area contributed by atoms with Gasteiger partial charge < -0.3 is 9.42 Å². The van der Waals surface area contributed by atoms with Crippen molar-refractivity contribution in [1.29, 1.82) is 0 Å². The Morgan fingerprint density at radius 1 is 1.42 bits per heavy atom. The molecule has 2 amide bonds. The molecule has 0 aliphatic heterocycles. The van der Waals surface area contributed by atoms with E-state index in [-0.39, 0.29) is 6.03 Å². The highest BCUT2D eigenvalue weighted by Crippen LogP contribution is 2.14. The van der Waals surface area contributed by atoms with Gasteiger partial charge in [0.15, 0.2) is 5.82 Å². The number of rotatable bonds is 7. The maximum Gasteiger partial charge on any atom is 0.323 e. The number of urea groups is 1. The second kappa shape index (κ2) is 7.94. The fourth-order valence-corrected chi connectivity index (χ4v) is 2.29. The van der Waals surface area contributed by atoms with Crippen molar-refractivity contribution in [3.05, 3.63) is 23.5 Å². The third kappa shape index (κ3) is 4.81. The molecule has 2 aromatic rings. The Bertz CT molecular complexity index is 676. The molecule has 0 aliphatic rings. The van der Waals surface area contributed by atoms with Gasteiger partial charge in [0, 0.05) is 26.1 Å². The molecule has 0 atom stereocenters. The predicted molar refractivity (Wildman–Crippen MR) is 90.6 cm³/mol. The van der Waals surface area contributed by atoms with Gasteiger partial charge in [0.2, 0.25) is 5.89 Å². The minimum absolute atomic E-state index is 0.203. The van der Waals surface area contributed by atoms with Gasteiger partial charge in [-0.15, -0.1) is 0 Å². The summed E-state index contributed by atoms with van der Waals surface area (Å²) in [6, 6.07) is 1.68. The van der Waals surface area contributed by atoms with Crippen molar-refractivity contribution in [3.63, 3.8) is 0 Å². The lowest BCUT2D eigenvalue weighted by Gasteiger charge is -2.20. The summed E-state index contributed by atoms with van der Waals surface area (Å²) >= 11 is 0. The molecule has 0 radical (unpaired) electrons. The molecule has 2 aromatic heterocycles. The van der Waals surface area contributed by atoms with Crippen LogP contribution < -0.4 is 5.32 Å². The number of nitrogens with zero attached hydrogens (tertiary/aromatic N) is 5. The van der Waals surface area contributed by atoms with Gasteiger partial charge in [-0.05, 0) is 26.2 Å². The van der Waals surface area contributed by atoms with E-state index in [1.54, 1.807) is 11.8 Å². The molecule has 0 saturated heterocycles. The van der Waals surface area contributed by atoms with E-state index in [0.717, 1.165) is 18.7 Å². The number of carbonyl (C=O) groups excluding carboxylic acids is 1. The van der Waals surface area contributed by atoms with Crippen LogP contribution in [0.4, 0.5) is 10.6 Å². The Hall–Kier alpha value is -2.38. The van der Waals surface area contributed by atoms with Gasteiger partial charge in [0.25, 0.3) is 0 Å². The maximum atomic E-state index is 12.5. The van der Waals surface area contributed by atoms with Crippen LogP contribution in [0.1, 0.15) is 44.6 Å². The molecule has 8 nitrogen and oxygen atoms in total. The van der Waals surface area contributed by atoms with Crippen LogP contribution in [0.3, 0.4) is 0 Å². The van der Waals surface area contributed by atoms with E-state index in [4.69, 9.17) is 4.52 Å². The van der Waals surface area contributed by atoms with E-state index in [9.17, 15) is 4.79 Å². The molecule has 0 aliphatic carbocycles. The van der Waals surface area contributed by atoms with E-state index in [2.05, 4.69) is 34.4 Å². The van der Waals surface area contributed by atoms with Gasteiger partial charge >= 0.3 is 6.03 Å². The molecule has 8 heteroatoms. The largest absolute Gasteiger partial charge is 0.340 e. The van der Waals surface area contributed by atoms with Crippen molar-refractivity contribution in [2.75, 3.05) is 11.9 Å². The summed E-state index contributed by atoms with van der Waals surface area (Å²) in [5.41, 5.74) is 0.880. The summed E-state index contributed by atoms with van der Waals surface area (Å²) < 4.78 is 6.80. The minimum atomic E-state index is -0.203. The highest BCUT2D eigenvalue weighted by atomic mass is 16.5. The molecule has 2 rings (SSSR count). The Kier molecular flexibility index (Phi) is 5.94. The molecule has 0 bridgehead atoms. The third-order valence-corrected chi connectivity index (χ3v) is 3.63. The number of amides is 2. The van der Waals surface area contributed by atoms with Crippen molar-refractivity contribution in [3.8, 4) is 0 Å². The molecule has 24 heavy (non-hydrogen) atoms. The van der Waals surface area contributed by atoms with Crippen LogP contribution in [0.25, 0.3) is 0 Å². The quantitative estimate of drug-likeness (QED) is 0.841. The fraction of sp³-hybridized carbons (Fsp3) is 0.625. The first-order chi connectivity index (χ1) is 11.4. The minimum Gasteiger partial charge on any atom is -0.340 e. The third-order valence-electron chi connectivity index (χ3n) is 3.63. The van der Waals surface area contributed by atoms with Crippen LogP contribution in [0.15, 0.2) is 10.6 Å². The average molecular weight is 334 g/mol. The van der Waals surface area contributed by atoms with Gasteiger partial charge in [-0.3, -0.25) is 5.32 Å². The molecule has 0 aromatic carbocycles. The fourth-order valence-electron chi connectivity index (χ4n) is 2.29. The van der Waals surface area contributed by atoms with E-state index in [0.29, 0.717) is 36.5 Å². The van der Waals surface area contributed by atoms with Crippen LogP contribution in [-0.2, 0) is 13.1 Å². The first-order valence-electron chi connectivity index (χ1n) is 8.28. The summed E-state index contributed by atoms with van der Waals surface area (Å²) in [6.07, 6.45) is 1.00. The summed E-state index contributed by atoms with van der Waals surface area (Å²) in [5.74, 6) is 2.27. The lowest BCUT2D eigenvalue weighted by atomic mass is 10.1. The predicted octanol–water partition coefficient (Wildman–Crippen LogP) is 2.98. The van der Waals surface area contributed by atoms with Crippen LogP contribution in [0, 0.1) is 19.8 Å². The van der Waals surface area contributed by atoms with Crippen LogP contribution in [0.5, 0.6) is 0 Å². The molecule has 0 spiro atoms. The molecule has 1 N–H and O–H groups in total. The van der Waals surface area contributed by atoms with Crippen molar-refractivity contribution >= 4 is 11.8 Å². The van der Waals surface area contributed by atoms with Gasteiger partial charge in [-0.2, -0.15) is 10.1 Å². The topological polar surface area (TPSA) is 89.1 Å². The Morgan fingerprint density at radius 3 is 2.75 bits per heavy atom. The molecule has 132 valence electrons. The SMILES string of the molecule is CCN(Cc1noc(C)n1)C(=O)Nc1cc(C)nn1CCC(C)C. The molecule has 0 unspecified atom stereocenters. The lowest BCUT2D eigenvalue weighted by molar-refractivity contribution is 0.209. The zero-order valence-corrected chi connectivity index (χ0v) is 15.0. The van der Waals surface area contributed by atoms with E-state index in [1.807, 2.05) is 24.6 Å². The molecule has 2 heterocycles. The Labute approximate surface area is 142 Å². The number of aromatic nitrogens is 4. The van der Waals surface area contributed by atoms with Gasteiger partial charge in [0.05, 0.1) is 12.2 Å². The number of carbonyl (C=O) groups is 1. The zero-order chi connectivity index (χ0) is 17.7. The summed E-state index contributed by atoms with van der Waals surface area (Å²) in [7, 11) is 0. The number of hydrogen-bond acceptors (Lipinski definition) is 5. The second-order valence-corrected chi connectivity index (χ2v) is 6.25.